The first-order valence-corrected chi connectivity index (χ1v) is 30.0. The highest BCUT2D eigenvalue weighted by Gasteiger charge is 2.42. The van der Waals surface area contributed by atoms with Crippen LogP contribution in [0.15, 0.2) is 0 Å². The van der Waals surface area contributed by atoms with E-state index >= 15 is 0 Å². The van der Waals surface area contributed by atoms with Gasteiger partial charge in [0.15, 0.2) is 0 Å². The van der Waals surface area contributed by atoms with Gasteiger partial charge in [0.1, 0.15) is 0 Å². The van der Waals surface area contributed by atoms with Gasteiger partial charge in [-0.25, -0.2) is 0 Å². The van der Waals surface area contributed by atoms with Gasteiger partial charge in [0, 0.05) is 64.8 Å². The zero-order chi connectivity index (χ0) is 47.5. The zero-order valence-corrected chi connectivity index (χ0v) is 42.5. The highest BCUT2D eigenvalue weighted by atomic mass is 32.2. The number of unbranched alkanes of at least 4 members (excludes halogenated alkanes) is 15. The summed E-state index contributed by atoms with van der Waals surface area (Å²) in [7, 11) is -12.2. The van der Waals surface area contributed by atoms with E-state index in [0.717, 1.165) is 30.4 Å². The number of aliphatic hydroxyl groups is 3. The van der Waals surface area contributed by atoms with Gasteiger partial charge >= 0.3 is 8.80 Å². The lowest BCUT2D eigenvalue weighted by Crippen LogP contribution is -2.51. The van der Waals surface area contributed by atoms with Gasteiger partial charge in [-0.05, 0) is 12.8 Å². The highest BCUT2D eigenvalue weighted by Crippen LogP contribution is 2.21. The predicted molar refractivity (Wildman–Crippen MR) is 249 cm³/mol. The van der Waals surface area contributed by atoms with Gasteiger partial charge in [-0.2, -0.15) is 25.3 Å². The van der Waals surface area contributed by atoms with Crippen LogP contribution in [0.1, 0.15) is 116 Å². The number of aliphatic hydroxyl groups excluding tert-OH is 3. The molecule has 6 N–H and O–H groups in total. The minimum Gasteiger partial charge on any atom is -0.395 e. The van der Waals surface area contributed by atoms with E-state index in [4.69, 9.17) is 13.3 Å². The van der Waals surface area contributed by atoms with Crippen molar-refractivity contribution in [1.82, 2.24) is 14.7 Å². The Bertz CT molecular complexity index is 1380. The van der Waals surface area contributed by atoms with Gasteiger partial charge in [-0.1, -0.05) is 96.8 Å². The Morgan fingerprint density at radius 3 is 1.10 bits per heavy atom. The molecule has 0 saturated carbocycles. The molecule has 0 saturated heterocycles. The first-order chi connectivity index (χ1) is 29.7. The summed E-state index contributed by atoms with van der Waals surface area (Å²) < 4.78 is 117. The number of rotatable bonds is 47. The van der Waals surface area contributed by atoms with Crippen LogP contribution >= 0.6 is 0 Å². The number of hydrogen-bond donors (Lipinski definition) is 6. The Kier molecular flexibility index (Phi) is 36.3. The first kappa shape index (κ1) is 62.5. The Morgan fingerprint density at radius 2 is 0.762 bits per heavy atom. The van der Waals surface area contributed by atoms with Crippen LogP contribution in [0.25, 0.3) is 0 Å². The second kappa shape index (κ2) is 36.6. The Morgan fingerprint density at radius 1 is 0.444 bits per heavy atom. The number of nitrogens with zero attached hydrogens (tertiary/aromatic N) is 4. The summed E-state index contributed by atoms with van der Waals surface area (Å²) in [5.74, 6) is -1.72. The summed E-state index contributed by atoms with van der Waals surface area (Å²) in [6.07, 6.45) is 21.4. The molecule has 0 atom stereocenters. The molecule has 63 heavy (non-hydrogen) atoms. The molecule has 0 radical (unpaired) electrons. The van der Waals surface area contributed by atoms with E-state index < -0.39 is 63.1 Å². The molecule has 0 amide bonds. The van der Waals surface area contributed by atoms with Crippen molar-refractivity contribution in [3.63, 3.8) is 0 Å². The van der Waals surface area contributed by atoms with E-state index in [1.165, 1.54) is 94.8 Å². The summed E-state index contributed by atoms with van der Waals surface area (Å²) in [5, 5.41) is 29.1. The van der Waals surface area contributed by atoms with Crippen molar-refractivity contribution in [3.8, 4) is 0 Å². The second-order valence-corrected chi connectivity index (χ2v) is 24.7. The molecule has 23 heteroatoms. The fourth-order valence-corrected chi connectivity index (χ4v) is 11.1. The molecule has 0 spiro atoms. The van der Waals surface area contributed by atoms with Crippen LogP contribution in [0.5, 0.6) is 0 Å². The standard InChI is InChI=1S/C40H88N4O15S3Si/c1-4-5-6-7-8-9-10-11-12-13-14-15-16-17-18-19-29-44(2,3)30-20-39-63(59-35-25-43(40-47)28-38-62(54,55)56,57-33-23-41(21-31-45)26-36-60(48,49)50)58-34-24-42(22-32-46)27-37-61(51,52)53/h45-47H,4-40H2,1-3H3,(H2-,48,49,50,51,52,53,54,55,56)/p+1. The van der Waals surface area contributed by atoms with E-state index in [1.54, 1.807) is 9.80 Å². The molecule has 0 bridgehead atoms. The van der Waals surface area contributed by atoms with Crippen LogP contribution in [-0.2, 0) is 43.6 Å². The van der Waals surface area contributed by atoms with Crippen molar-refractivity contribution in [2.24, 2.45) is 0 Å². The SMILES string of the molecule is CCCCCCCCCCCCCCCCCC[N+](C)(C)CCC[Si](OCCN(CO)CCS(=O)(=O)O)(OCCN(CCO)CCS(=O)(=O)O)OCCN(CCO)CCS(=O)(=O)O. The molecule has 0 aliphatic carbocycles. The molecule has 19 nitrogen and oxygen atoms in total. The third kappa shape index (κ3) is 40.3. The fourth-order valence-electron chi connectivity index (χ4n) is 7.20. The van der Waals surface area contributed by atoms with Crippen molar-refractivity contribution < 1.29 is 72.0 Å². The second-order valence-electron chi connectivity index (χ2n) is 17.3. The molecule has 0 aromatic carbocycles. The maximum Gasteiger partial charge on any atom is 0.501 e. The average molecular weight is 990 g/mol. The monoisotopic (exact) mass is 990 g/mol. The molecule has 0 heterocycles. The maximum absolute atomic E-state index is 11.5. The Balaban J connectivity index is 5.66. The zero-order valence-electron chi connectivity index (χ0n) is 39.0. The van der Waals surface area contributed by atoms with Gasteiger partial charge in [-0.3, -0.25) is 28.4 Å². The number of hydrogen-bond acceptors (Lipinski definition) is 15. The van der Waals surface area contributed by atoms with Crippen LogP contribution in [0.2, 0.25) is 6.04 Å². The normalized spacial score (nSPS) is 13.3. The lowest BCUT2D eigenvalue weighted by Gasteiger charge is -2.34. The van der Waals surface area contributed by atoms with Crippen LogP contribution in [0.3, 0.4) is 0 Å². The van der Waals surface area contributed by atoms with E-state index in [1.807, 2.05) is 0 Å². The summed E-state index contributed by atoms with van der Waals surface area (Å²) in [4.78, 5) is 4.57. The molecule has 0 aliphatic rings. The third-order valence-corrected chi connectivity index (χ3v) is 16.1. The largest absolute Gasteiger partial charge is 0.501 e. The summed E-state index contributed by atoms with van der Waals surface area (Å²) in [6, 6.07) is 0.327. The van der Waals surface area contributed by atoms with Crippen LogP contribution in [0.4, 0.5) is 0 Å². The molecular weight excluding hydrogens is 901 g/mol. The summed E-state index contributed by atoms with van der Waals surface area (Å²) >= 11 is 0. The van der Waals surface area contributed by atoms with E-state index in [2.05, 4.69) is 21.0 Å². The van der Waals surface area contributed by atoms with Gasteiger partial charge in [0.25, 0.3) is 30.4 Å². The van der Waals surface area contributed by atoms with E-state index in [9.17, 15) is 54.2 Å². The Labute approximate surface area is 383 Å². The molecule has 380 valence electrons. The quantitative estimate of drug-likeness (QED) is 0.0168. The molecule has 0 rings (SSSR count). The summed E-state index contributed by atoms with van der Waals surface area (Å²) in [6.45, 7) is 2.97. The average Bonchev–Trinajstić information content (AvgIpc) is 3.19. The lowest BCUT2D eigenvalue weighted by molar-refractivity contribution is -0.890. The van der Waals surface area contributed by atoms with Gasteiger partial charge < -0.3 is 33.1 Å². The molecule has 0 aliphatic heterocycles. The van der Waals surface area contributed by atoms with Crippen molar-refractivity contribution in [3.05, 3.63) is 0 Å². The predicted octanol–water partition coefficient (Wildman–Crippen LogP) is 3.21. The minimum atomic E-state index is -4.30. The Hall–Kier alpha value is -0.453. The van der Waals surface area contributed by atoms with Crippen LogP contribution in [0, 0.1) is 0 Å². The van der Waals surface area contributed by atoms with Gasteiger partial charge in [-0.15, -0.1) is 0 Å². The molecule has 0 aromatic rings. The lowest BCUT2D eigenvalue weighted by atomic mass is 10.0. The van der Waals surface area contributed by atoms with Crippen molar-refractivity contribution in [2.45, 2.75) is 122 Å². The molecule has 0 unspecified atom stereocenters. The van der Waals surface area contributed by atoms with Crippen molar-refractivity contribution >= 4 is 39.2 Å². The van der Waals surface area contributed by atoms with Crippen LogP contribution < -0.4 is 0 Å². The first-order valence-electron chi connectivity index (χ1n) is 23.3. The third-order valence-electron chi connectivity index (χ3n) is 11.1. The van der Waals surface area contributed by atoms with E-state index in [0.29, 0.717) is 12.5 Å². The van der Waals surface area contributed by atoms with Crippen molar-refractivity contribution in [1.29, 1.82) is 0 Å². The molecule has 0 aromatic heterocycles. The molecule has 0 fully saturated rings. The molecular formula is C40H89N4O15S3Si+. The smallest absolute Gasteiger partial charge is 0.395 e. The fraction of sp³-hybridized carbons (Fsp3) is 1.00. The van der Waals surface area contributed by atoms with E-state index in [-0.39, 0.29) is 85.4 Å². The van der Waals surface area contributed by atoms with Gasteiger partial charge in [0.05, 0.1) is 84.2 Å². The van der Waals surface area contributed by atoms with Gasteiger partial charge in [0.2, 0.25) is 0 Å². The van der Waals surface area contributed by atoms with Crippen molar-refractivity contribution in [2.75, 3.05) is 137 Å². The topological polar surface area (TPSA) is 261 Å². The minimum absolute atomic E-state index is 0.0231. The number of quaternary nitrogens is 1. The van der Waals surface area contributed by atoms with Crippen LogP contribution in [-0.4, -0.2) is 219 Å². The highest BCUT2D eigenvalue weighted by molar-refractivity contribution is 7.86. The maximum atomic E-state index is 11.5. The summed E-state index contributed by atoms with van der Waals surface area (Å²) in [5.41, 5.74) is 0.